The van der Waals surface area contributed by atoms with Gasteiger partial charge in [0.05, 0.1) is 11.8 Å². The van der Waals surface area contributed by atoms with Crippen molar-refractivity contribution < 1.29 is 8.42 Å². The fourth-order valence-corrected chi connectivity index (χ4v) is 6.56. The van der Waals surface area contributed by atoms with Crippen LogP contribution in [-0.4, -0.2) is 65.9 Å². The first-order chi connectivity index (χ1) is 18.4. The molecule has 10 nitrogen and oxygen atoms in total. The van der Waals surface area contributed by atoms with Crippen molar-refractivity contribution in [2.24, 2.45) is 0 Å². The van der Waals surface area contributed by atoms with Crippen LogP contribution in [0.15, 0.2) is 61.1 Å². The van der Waals surface area contributed by atoms with E-state index in [1.807, 2.05) is 29.0 Å². The number of sulfonamides is 1. The lowest BCUT2D eigenvalue weighted by molar-refractivity contribution is 0.501. The lowest BCUT2D eigenvalue weighted by Crippen LogP contribution is -2.49. The smallest absolute Gasteiger partial charge is 0.238 e. The van der Waals surface area contributed by atoms with E-state index in [9.17, 15) is 8.42 Å². The molecule has 38 heavy (non-hydrogen) atoms. The summed E-state index contributed by atoms with van der Waals surface area (Å²) in [6.07, 6.45) is 6.79. The van der Waals surface area contributed by atoms with E-state index in [0.717, 1.165) is 41.9 Å². The van der Waals surface area contributed by atoms with Crippen LogP contribution in [0, 0.1) is 0 Å². The van der Waals surface area contributed by atoms with Crippen molar-refractivity contribution in [2.45, 2.75) is 37.6 Å². The molecule has 2 fully saturated rings. The number of rotatable bonds is 8. The number of hydrogen-bond acceptors (Lipinski definition) is 8. The van der Waals surface area contributed by atoms with E-state index in [4.69, 9.17) is 4.98 Å². The minimum absolute atomic E-state index is 0.300. The summed E-state index contributed by atoms with van der Waals surface area (Å²) in [6, 6.07) is 14.5. The molecule has 1 saturated carbocycles. The molecule has 1 unspecified atom stereocenters. The van der Waals surface area contributed by atoms with Crippen LogP contribution in [-0.2, 0) is 16.6 Å². The monoisotopic (exact) mass is 532 g/mol. The number of benzene rings is 1. The van der Waals surface area contributed by atoms with Crippen LogP contribution >= 0.6 is 0 Å². The number of nitrogens with one attached hydrogen (secondary N) is 2. The number of hydrogen-bond donors (Lipinski definition) is 2. The maximum absolute atomic E-state index is 12.9. The van der Waals surface area contributed by atoms with E-state index in [1.54, 1.807) is 19.4 Å². The lowest BCUT2D eigenvalue weighted by Gasteiger charge is -2.36. The quantitative estimate of drug-likeness (QED) is 0.356. The highest BCUT2D eigenvalue weighted by atomic mass is 32.2. The summed E-state index contributed by atoms with van der Waals surface area (Å²) >= 11 is 0. The third kappa shape index (κ3) is 4.79. The summed E-state index contributed by atoms with van der Waals surface area (Å²) in [5, 5.41) is 7.35. The predicted molar refractivity (Wildman–Crippen MR) is 151 cm³/mol. The second-order valence-corrected chi connectivity index (χ2v) is 12.3. The molecule has 1 aliphatic heterocycles. The third-order valence-electron chi connectivity index (χ3n) is 7.29. The molecule has 198 valence electrons. The highest BCUT2D eigenvalue weighted by Gasteiger charge is 2.39. The van der Waals surface area contributed by atoms with Gasteiger partial charge in [-0.05, 0) is 56.2 Å². The van der Waals surface area contributed by atoms with E-state index in [-0.39, 0.29) is 5.25 Å². The molecule has 0 spiro atoms. The molecule has 3 aromatic heterocycles. The van der Waals surface area contributed by atoms with Gasteiger partial charge in [-0.2, -0.15) is 4.98 Å². The zero-order valence-corrected chi connectivity index (χ0v) is 22.4. The Morgan fingerprint density at radius 1 is 1.13 bits per heavy atom. The maximum Gasteiger partial charge on any atom is 0.238 e. The van der Waals surface area contributed by atoms with Gasteiger partial charge < -0.3 is 20.1 Å². The predicted octanol–water partition coefficient (Wildman–Crippen LogP) is 3.34. The molecule has 11 heteroatoms. The number of pyridine rings is 1. The average molecular weight is 533 g/mol. The largest absolute Gasteiger partial charge is 0.366 e. The summed E-state index contributed by atoms with van der Waals surface area (Å²) in [5.74, 6) is 0.952. The fraction of sp³-hybridized carbons (Fsp3) is 0.370. The van der Waals surface area contributed by atoms with Crippen LogP contribution in [0.3, 0.4) is 0 Å². The Hall–Kier alpha value is -3.70. The first-order valence-corrected chi connectivity index (χ1v) is 14.5. The number of anilines is 4. The van der Waals surface area contributed by atoms with Crippen LogP contribution in [0.2, 0.25) is 0 Å². The molecule has 0 bridgehead atoms. The van der Waals surface area contributed by atoms with Gasteiger partial charge in [0.15, 0.2) is 0 Å². The van der Waals surface area contributed by atoms with E-state index >= 15 is 0 Å². The number of nitrogens with zero attached hydrogens (tertiary/aromatic N) is 6. The van der Waals surface area contributed by atoms with Crippen LogP contribution in [0.4, 0.5) is 23.1 Å². The maximum atomic E-state index is 12.9. The second kappa shape index (κ2) is 9.88. The molecule has 1 aliphatic carbocycles. The summed E-state index contributed by atoms with van der Waals surface area (Å²) < 4.78 is 29.0. The van der Waals surface area contributed by atoms with Crippen molar-refractivity contribution >= 4 is 44.2 Å². The highest BCUT2D eigenvalue weighted by Crippen LogP contribution is 2.33. The lowest BCUT2D eigenvalue weighted by atomic mass is 10.1. The molecule has 1 aromatic carbocycles. The van der Waals surface area contributed by atoms with Crippen LogP contribution in [0.5, 0.6) is 0 Å². The van der Waals surface area contributed by atoms with Crippen molar-refractivity contribution in [1.29, 1.82) is 0 Å². The van der Waals surface area contributed by atoms with E-state index in [2.05, 4.69) is 56.7 Å². The van der Waals surface area contributed by atoms with Gasteiger partial charge in [0.1, 0.15) is 11.5 Å². The van der Waals surface area contributed by atoms with Crippen molar-refractivity contribution in [2.75, 3.05) is 41.2 Å². The minimum atomic E-state index is -3.40. The molecule has 1 saturated heterocycles. The molecule has 1 atom stereocenters. The van der Waals surface area contributed by atoms with Crippen LogP contribution < -0.4 is 19.8 Å². The first kappa shape index (κ1) is 24.6. The highest BCUT2D eigenvalue weighted by molar-refractivity contribution is 7.93. The zero-order chi connectivity index (χ0) is 26.3. The van der Waals surface area contributed by atoms with Gasteiger partial charge in [0, 0.05) is 73.6 Å². The van der Waals surface area contributed by atoms with Gasteiger partial charge in [-0.15, -0.1) is 0 Å². The Kier molecular flexibility index (Phi) is 6.40. The third-order valence-corrected chi connectivity index (χ3v) is 9.54. The van der Waals surface area contributed by atoms with Gasteiger partial charge in [-0.25, -0.2) is 18.4 Å². The topological polar surface area (TPSA) is 108 Å². The molecular weight excluding hydrogens is 500 g/mol. The molecule has 2 N–H and O–H groups in total. The average Bonchev–Trinajstić information content (AvgIpc) is 3.73. The minimum Gasteiger partial charge on any atom is -0.366 e. The molecule has 2 aliphatic rings. The Bertz CT molecular complexity index is 1550. The fourth-order valence-electron chi connectivity index (χ4n) is 4.98. The summed E-state index contributed by atoms with van der Waals surface area (Å²) in [7, 11) is -1.81. The second-order valence-electron chi connectivity index (χ2n) is 10.0. The Morgan fingerprint density at radius 2 is 1.95 bits per heavy atom. The van der Waals surface area contributed by atoms with Crippen LogP contribution in [0.25, 0.3) is 11.0 Å². The van der Waals surface area contributed by atoms with Crippen molar-refractivity contribution in [3.05, 3.63) is 66.6 Å². The van der Waals surface area contributed by atoms with Crippen LogP contribution in [0.1, 0.15) is 25.3 Å². The summed E-state index contributed by atoms with van der Waals surface area (Å²) in [4.78, 5) is 16.1. The normalized spacial score (nSPS) is 18.1. The van der Waals surface area contributed by atoms with Gasteiger partial charge >= 0.3 is 0 Å². The molecule has 4 heterocycles. The molecular formula is C27H32N8O2S. The van der Waals surface area contributed by atoms with Crippen molar-refractivity contribution in [1.82, 2.24) is 24.8 Å². The van der Waals surface area contributed by atoms with Gasteiger partial charge in [0.2, 0.25) is 16.0 Å². The SMILES string of the molecule is CC1CNCCN1c1ccc(Nc2ncc3ccn(Cc4cccnc4N(C)S(=O)(=O)C4CC4)c3n2)cc1. The Balaban J connectivity index is 1.22. The van der Waals surface area contributed by atoms with E-state index < -0.39 is 10.0 Å². The molecule has 0 radical (unpaired) electrons. The van der Waals surface area contributed by atoms with Crippen molar-refractivity contribution in [3.8, 4) is 0 Å². The number of piperazine rings is 1. The summed E-state index contributed by atoms with van der Waals surface area (Å²) in [6.45, 7) is 5.64. The van der Waals surface area contributed by atoms with Gasteiger partial charge in [-0.3, -0.25) is 4.31 Å². The standard InChI is InChI=1S/C27H32N8O2S/c1-19-16-28-13-15-35(19)23-7-5-22(6-8-23)31-27-30-17-20-11-14-34(26(20)32-27)18-21-4-3-12-29-25(21)33(2)38(36,37)24-9-10-24/h3-8,11-12,14,17,19,24,28H,9-10,13,15-16,18H2,1-2H3,(H,30,31,32). The zero-order valence-electron chi connectivity index (χ0n) is 21.6. The number of aromatic nitrogens is 4. The molecule has 4 aromatic rings. The Morgan fingerprint density at radius 3 is 2.71 bits per heavy atom. The molecule has 0 amide bonds. The van der Waals surface area contributed by atoms with Gasteiger partial charge in [-0.1, -0.05) is 6.07 Å². The van der Waals surface area contributed by atoms with Gasteiger partial charge in [0.25, 0.3) is 0 Å². The summed E-state index contributed by atoms with van der Waals surface area (Å²) in [5.41, 5.74) is 3.69. The van der Waals surface area contributed by atoms with E-state index in [1.165, 1.54) is 9.99 Å². The Labute approximate surface area is 222 Å². The first-order valence-electron chi connectivity index (χ1n) is 13.0. The molecule has 6 rings (SSSR count). The van der Waals surface area contributed by atoms with Crippen molar-refractivity contribution in [3.63, 3.8) is 0 Å². The van der Waals surface area contributed by atoms with E-state index in [0.29, 0.717) is 37.2 Å². The number of fused-ring (bicyclic) bond motifs is 1.